The third-order valence-corrected chi connectivity index (χ3v) is 3.38. The third kappa shape index (κ3) is 4.15. The average Bonchev–Trinajstić information content (AvgIpc) is 2.28. The molecule has 1 unspecified atom stereocenters. The lowest BCUT2D eigenvalue weighted by molar-refractivity contribution is 0.0951. The van der Waals surface area contributed by atoms with Crippen LogP contribution >= 0.6 is 35.4 Å². The summed E-state index contributed by atoms with van der Waals surface area (Å²) in [6.07, 6.45) is 0. The molecule has 6 heteroatoms. The molecule has 3 N–H and O–H groups in total. The van der Waals surface area contributed by atoms with E-state index in [1.807, 2.05) is 6.92 Å². The second-order valence-corrected chi connectivity index (χ2v) is 4.93. The average molecular weight is 291 g/mol. The number of rotatable bonds is 4. The molecule has 0 bridgehead atoms. The molecule has 17 heavy (non-hydrogen) atoms. The summed E-state index contributed by atoms with van der Waals surface area (Å²) >= 11 is 16.4. The highest BCUT2D eigenvalue weighted by Gasteiger charge is 2.10. The lowest BCUT2D eigenvalue weighted by atomic mass is 10.1. The molecule has 0 aliphatic heterocycles. The van der Waals surface area contributed by atoms with Crippen LogP contribution < -0.4 is 11.1 Å². The fourth-order valence-electron chi connectivity index (χ4n) is 1.09. The molecular weight excluding hydrogens is 279 g/mol. The Morgan fingerprint density at radius 3 is 2.65 bits per heavy atom. The van der Waals surface area contributed by atoms with Crippen molar-refractivity contribution in [2.45, 2.75) is 6.92 Å². The van der Waals surface area contributed by atoms with E-state index in [4.69, 9.17) is 41.2 Å². The van der Waals surface area contributed by atoms with Gasteiger partial charge in [0.05, 0.1) is 15.0 Å². The largest absolute Gasteiger partial charge is 0.393 e. The van der Waals surface area contributed by atoms with Gasteiger partial charge < -0.3 is 11.1 Å². The number of nitrogens with two attached hydrogens (primary N) is 1. The van der Waals surface area contributed by atoms with Gasteiger partial charge in [0.2, 0.25) is 0 Å². The predicted molar refractivity (Wildman–Crippen MR) is 74.7 cm³/mol. The summed E-state index contributed by atoms with van der Waals surface area (Å²) in [7, 11) is 0. The van der Waals surface area contributed by atoms with Gasteiger partial charge in [-0.1, -0.05) is 42.3 Å². The van der Waals surface area contributed by atoms with E-state index in [-0.39, 0.29) is 11.8 Å². The highest BCUT2D eigenvalue weighted by molar-refractivity contribution is 7.80. The smallest absolute Gasteiger partial charge is 0.251 e. The Morgan fingerprint density at radius 1 is 1.47 bits per heavy atom. The number of benzene rings is 1. The summed E-state index contributed by atoms with van der Waals surface area (Å²) in [5.74, 6) is -0.275. The molecule has 0 aliphatic rings. The lowest BCUT2D eigenvalue weighted by Crippen LogP contribution is -2.33. The van der Waals surface area contributed by atoms with E-state index in [2.05, 4.69) is 5.32 Å². The lowest BCUT2D eigenvalue weighted by Gasteiger charge is -2.11. The SMILES string of the molecule is CC(CNC(=O)c1ccc(Cl)c(Cl)c1)C(N)=S. The quantitative estimate of drug-likeness (QED) is 0.838. The van der Waals surface area contributed by atoms with Crippen LogP contribution in [0.2, 0.25) is 10.0 Å². The fraction of sp³-hybridized carbons (Fsp3) is 0.273. The number of thiocarbonyl (C=S) groups is 1. The molecule has 0 aromatic heterocycles. The van der Waals surface area contributed by atoms with Crippen molar-refractivity contribution in [2.24, 2.45) is 11.7 Å². The van der Waals surface area contributed by atoms with Gasteiger partial charge in [0.1, 0.15) is 0 Å². The molecule has 1 atom stereocenters. The summed E-state index contributed by atoms with van der Waals surface area (Å²) in [5, 5.41) is 3.48. The van der Waals surface area contributed by atoms with Gasteiger partial charge in [-0.15, -0.1) is 0 Å². The van der Waals surface area contributed by atoms with Crippen molar-refractivity contribution < 1.29 is 4.79 Å². The van der Waals surface area contributed by atoms with Crippen LogP contribution in [0.3, 0.4) is 0 Å². The van der Waals surface area contributed by atoms with Crippen molar-refractivity contribution in [3.05, 3.63) is 33.8 Å². The minimum atomic E-state index is -0.230. The molecule has 0 spiro atoms. The Labute approximate surface area is 115 Å². The maximum absolute atomic E-state index is 11.7. The van der Waals surface area contributed by atoms with Crippen LogP contribution in [-0.2, 0) is 0 Å². The highest BCUT2D eigenvalue weighted by atomic mass is 35.5. The molecule has 3 nitrogen and oxygen atoms in total. The maximum atomic E-state index is 11.7. The number of carbonyl (C=O) groups excluding carboxylic acids is 1. The van der Waals surface area contributed by atoms with E-state index in [0.717, 1.165) is 0 Å². The van der Waals surface area contributed by atoms with Crippen LogP contribution in [0.1, 0.15) is 17.3 Å². The molecule has 0 aliphatic carbocycles. The molecule has 0 heterocycles. The van der Waals surface area contributed by atoms with E-state index in [1.165, 1.54) is 6.07 Å². The van der Waals surface area contributed by atoms with Gasteiger partial charge in [0, 0.05) is 18.0 Å². The first-order valence-corrected chi connectivity index (χ1v) is 6.10. The molecule has 0 fully saturated rings. The van der Waals surface area contributed by atoms with Gasteiger partial charge in [-0.25, -0.2) is 0 Å². The number of carbonyl (C=O) groups is 1. The molecule has 1 amide bonds. The summed E-state index contributed by atoms with van der Waals surface area (Å²) in [6.45, 7) is 2.24. The first kappa shape index (κ1) is 14.2. The Bertz CT molecular complexity index is 451. The maximum Gasteiger partial charge on any atom is 0.251 e. The number of halogens is 2. The Balaban J connectivity index is 2.64. The molecule has 1 rings (SSSR count). The third-order valence-electron chi connectivity index (χ3n) is 2.24. The standard InChI is InChI=1S/C11H12Cl2N2OS/c1-6(10(14)17)5-15-11(16)7-2-3-8(12)9(13)4-7/h2-4,6H,5H2,1H3,(H2,14,17)(H,15,16). The Morgan fingerprint density at radius 2 is 2.12 bits per heavy atom. The van der Waals surface area contributed by atoms with Crippen molar-refractivity contribution in [3.8, 4) is 0 Å². The Kier molecular flexibility index (Phi) is 5.18. The normalized spacial score (nSPS) is 11.9. The van der Waals surface area contributed by atoms with E-state index in [1.54, 1.807) is 12.1 Å². The van der Waals surface area contributed by atoms with Gasteiger partial charge in [-0.3, -0.25) is 4.79 Å². The first-order chi connectivity index (χ1) is 7.91. The number of amides is 1. The monoisotopic (exact) mass is 290 g/mol. The zero-order chi connectivity index (χ0) is 13.0. The molecule has 92 valence electrons. The zero-order valence-corrected chi connectivity index (χ0v) is 11.5. The second-order valence-electron chi connectivity index (χ2n) is 3.64. The van der Waals surface area contributed by atoms with Crippen molar-refractivity contribution in [2.75, 3.05) is 6.54 Å². The number of hydrogen-bond acceptors (Lipinski definition) is 2. The van der Waals surface area contributed by atoms with Crippen molar-refractivity contribution >= 4 is 46.3 Å². The molecule has 0 radical (unpaired) electrons. The second kappa shape index (κ2) is 6.19. The fourth-order valence-corrected chi connectivity index (χ4v) is 1.47. The van der Waals surface area contributed by atoms with Crippen LogP contribution in [-0.4, -0.2) is 17.4 Å². The molecule has 0 saturated heterocycles. The first-order valence-electron chi connectivity index (χ1n) is 4.94. The van der Waals surface area contributed by atoms with Crippen LogP contribution in [0.4, 0.5) is 0 Å². The summed E-state index contributed by atoms with van der Waals surface area (Å²) in [6, 6.07) is 4.70. The van der Waals surface area contributed by atoms with Crippen LogP contribution in [0.15, 0.2) is 18.2 Å². The topological polar surface area (TPSA) is 55.1 Å². The minimum Gasteiger partial charge on any atom is -0.393 e. The molecule has 1 aromatic rings. The number of hydrogen-bond donors (Lipinski definition) is 2. The molecule has 0 saturated carbocycles. The van der Waals surface area contributed by atoms with E-state index in [9.17, 15) is 4.79 Å². The zero-order valence-electron chi connectivity index (χ0n) is 9.17. The van der Waals surface area contributed by atoms with Crippen molar-refractivity contribution in [3.63, 3.8) is 0 Å². The van der Waals surface area contributed by atoms with E-state index >= 15 is 0 Å². The van der Waals surface area contributed by atoms with E-state index in [0.29, 0.717) is 27.1 Å². The van der Waals surface area contributed by atoms with Crippen LogP contribution in [0, 0.1) is 5.92 Å². The Hall–Kier alpha value is -0.840. The summed E-state index contributed by atoms with van der Waals surface area (Å²) < 4.78 is 0. The minimum absolute atomic E-state index is 0.0447. The highest BCUT2D eigenvalue weighted by Crippen LogP contribution is 2.22. The number of nitrogens with one attached hydrogen (secondary N) is 1. The van der Waals surface area contributed by atoms with Crippen LogP contribution in [0.25, 0.3) is 0 Å². The van der Waals surface area contributed by atoms with Gasteiger partial charge in [0.25, 0.3) is 5.91 Å². The molecule has 1 aromatic carbocycles. The van der Waals surface area contributed by atoms with Gasteiger partial charge >= 0.3 is 0 Å². The van der Waals surface area contributed by atoms with Crippen molar-refractivity contribution in [1.82, 2.24) is 5.32 Å². The molecular formula is C11H12Cl2N2OS. The van der Waals surface area contributed by atoms with Crippen molar-refractivity contribution in [1.29, 1.82) is 0 Å². The van der Waals surface area contributed by atoms with E-state index < -0.39 is 0 Å². The van der Waals surface area contributed by atoms with Gasteiger partial charge in [-0.05, 0) is 18.2 Å². The van der Waals surface area contributed by atoms with Gasteiger partial charge in [0.15, 0.2) is 0 Å². The van der Waals surface area contributed by atoms with Gasteiger partial charge in [-0.2, -0.15) is 0 Å². The summed E-state index contributed by atoms with van der Waals surface area (Å²) in [4.78, 5) is 12.1. The van der Waals surface area contributed by atoms with Crippen LogP contribution in [0.5, 0.6) is 0 Å². The summed E-state index contributed by atoms with van der Waals surface area (Å²) in [5.41, 5.74) is 5.90. The predicted octanol–water partition coefficient (Wildman–Crippen LogP) is 2.65.